The minimum absolute atomic E-state index is 0.901. The van der Waals surface area contributed by atoms with Crippen LogP contribution in [0.1, 0.15) is 5.56 Å². The molecular weight excluding hydrogens is 509 g/mol. The Kier molecular flexibility index (Phi) is 12.9. The Labute approximate surface area is 234 Å². The summed E-state index contributed by atoms with van der Waals surface area (Å²) in [6, 6.07) is 24.3. The van der Waals surface area contributed by atoms with E-state index in [2.05, 4.69) is 50.9 Å². The second-order valence-electron chi connectivity index (χ2n) is 8.21. The number of para-hydroxylation sites is 2. The standard InChI is InChI=1S/C30H35N6S2/c1-4-27(25-32-34(2)29-11-7-5-8-12-29)15-18-31-19-23-37-38-24-22-36-20-16-28(17-21-36)26-33-35(3)30-13-9-6-10-14-30/h4-18,20-21,25-26H,1,19,22-24H2,2-3H3/q+1/p+1/b27-15+,31-18?,32-25+. The van der Waals surface area contributed by atoms with E-state index in [0.717, 1.165) is 47.1 Å². The fourth-order valence-corrected chi connectivity index (χ4v) is 5.10. The summed E-state index contributed by atoms with van der Waals surface area (Å²) in [6.07, 6.45) is 13.6. The molecule has 0 amide bonds. The number of hydrogen-bond donors (Lipinski definition) is 1. The fraction of sp³-hybridized carbons (Fsp3) is 0.200. The number of hydrogen-bond acceptors (Lipinski definition) is 6. The number of anilines is 2. The number of aryl methyl sites for hydroxylation is 1. The van der Waals surface area contributed by atoms with Crippen molar-refractivity contribution in [2.45, 2.75) is 6.54 Å². The SMILES string of the molecule is C=CC(/C=N/N(C)c1ccccc1)=C\C=[NH+]CCSSCC[n+]1ccc(/C=N/N(C)c2ccccc2)cc1. The average Bonchev–Trinajstić information content (AvgIpc) is 2.97. The molecule has 38 heavy (non-hydrogen) atoms. The van der Waals surface area contributed by atoms with Crippen LogP contribution in [0.25, 0.3) is 0 Å². The summed E-state index contributed by atoms with van der Waals surface area (Å²) in [7, 11) is 7.66. The lowest BCUT2D eigenvalue weighted by molar-refractivity contribution is -0.692. The Hall–Kier alpha value is -3.62. The maximum absolute atomic E-state index is 4.52. The molecule has 0 saturated carbocycles. The normalized spacial score (nSPS) is 12.0. The molecule has 0 aliphatic rings. The molecule has 196 valence electrons. The van der Waals surface area contributed by atoms with Gasteiger partial charge in [-0.15, -0.1) is 0 Å². The Bertz CT molecular complexity index is 1210. The lowest BCUT2D eigenvalue weighted by Gasteiger charge is -2.11. The van der Waals surface area contributed by atoms with Crippen LogP contribution in [0, 0.1) is 0 Å². The second kappa shape index (κ2) is 17.0. The molecule has 0 saturated heterocycles. The van der Waals surface area contributed by atoms with E-state index < -0.39 is 0 Å². The number of nitrogens with zero attached hydrogens (tertiary/aromatic N) is 5. The Balaban J connectivity index is 1.29. The van der Waals surface area contributed by atoms with Gasteiger partial charge in [-0.3, -0.25) is 10.0 Å². The van der Waals surface area contributed by atoms with Gasteiger partial charge in [0.1, 0.15) is 0 Å². The minimum Gasteiger partial charge on any atom is -0.269 e. The van der Waals surface area contributed by atoms with Gasteiger partial charge in [-0.25, -0.2) is 9.56 Å². The molecule has 1 N–H and O–H groups in total. The molecule has 0 bridgehead atoms. The van der Waals surface area contributed by atoms with Crippen LogP contribution in [0.3, 0.4) is 0 Å². The molecule has 0 spiro atoms. The summed E-state index contributed by atoms with van der Waals surface area (Å²) >= 11 is 0. The monoisotopic (exact) mass is 544 g/mol. The van der Waals surface area contributed by atoms with Crippen molar-refractivity contribution in [3.63, 3.8) is 0 Å². The summed E-state index contributed by atoms with van der Waals surface area (Å²) in [5.41, 5.74) is 4.12. The Morgan fingerprint density at radius 1 is 0.868 bits per heavy atom. The van der Waals surface area contributed by atoms with Gasteiger partial charge in [0.05, 0.1) is 35.3 Å². The third-order valence-electron chi connectivity index (χ3n) is 5.41. The van der Waals surface area contributed by atoms with Crippen molar-refractivity contribution in [3.05, 3.63) is 115 Å². The van der Waals surface area contributed by atoms with Gasteiger partial charge in [-0.05, 0) is 29.8 Å². The fourth-order valence-electron chi connectivity index (χ4n) is 3.19. The van der Waals surface area contributed by atoms with Crippen LogP contribution < -0.4 is 19.6 Å². The highest BCUT2D eigenvalue weighted by Gasteiger charge is 2.02. The third kappa shape index (κ3) is 10.8. The smallest absolute Gasteiger partial charge is 0.169 e. The number of allylic oxidation sites excluding steroid dienone is 3. The zero-order valence-corrected chi connectivity index (χ0v) is 23.7. The highest BCUT2D eigenvalue weighted by molar-refractivity contribution is 8.76. The van der Waals surface area contributed by atoms with Gasteiger partial charge < -0.3 is 0 Å². The first-order valence-corrected chi connectivity index (χ1v) is 14.9. The van der Waals surface area contributed by atoms with Crippen LogP contribution in [0.5, 0.6) is 0 Å². The second-order valence-corrected chi connectivity index (χ2v) is 10.9. The molecule has 0 radical (unpaired) electrons. The van der Waals surface area contributed by atoms with Gasteiger partial charge in [0.2, 0.25) is 0 Å². The molecule has 0 aliphatic carbocycles. The summed E-state index contributed by atoms with van der Waals surface area (Å²) in [6.45, 7) is 5.75. The molecule has 0 aliphatic heterocycles. The first-order valence-electron chi connectivity index (χ1n) is 12.4. The summed E-state index contributed by atoms with van der Waals surface area (Å²) in [5.74, 6) is 2.08. The molecule has 6 nitrogen and oxygen atoms in total. The van der Waals surface area contributed by atoms with Crippen LogP contribution in [0.4, 0.5) is 11.4 Å². The summed E-state index contributed by atoms with van der Waals surface area (Å²) in [4.78, 5) is 3.33. The van der Waals surface area contributed by atoms with E-state index in [-0.39, 0.29) is 0 Å². The number of hydrazone groups is 2. The van der Waals surface area contributed by atoms with Crippen LogP contribution in [0.2, 0.25) is 0 Å². The molecule has 8 heteroatoms. The number of pyridine rings is 1. The van der Waals surface area contributed by atoms with Gasteiger partial charge in [0, 0.05) is 37.9 Å². The van der Waals surface area contributed by atoms with Crippen molar-refractivity contribution < 1.29 is 9.56 Å². The molecule has 1 aromatic heterocycles. The van der Waals surface area contributed by atoms with E-state index in [4.69, 9.17) is 0 Å². The first-order chi connectivity index (χ1) is 18.7. The molecule has 2 aromatic carbocycles. The maximum atomic E-state index is 4.52. The van der Waals surface area contributed by atoms with E-state index in [1.54, 1.807) is 6.08 Å². The number of aromatic nitrogens is 1. The van der Waals surface area contributed by atoms with Crippen molar-refractivity contribution in [2.75, 3.05) is 42.2 Å². The Morgan fingerprint density at radius 2 is 1.47 bits per heavy atom. The van der Waals surface area contributed by atoms with E-state index in [0.29, 0.717) is 0 Å². The van der Waals surface area contributed by atoms with Gasteiger partial charge in [-0.1, -0.05) is 70.6 Å². The maximum Gasteiger partial charge on any atom is 0.169 e. The zero-order valence-electron chi connectivity index (χ0n) is 22.1. The summed E-state index contributed by atoms with van der Waals surface area (Å²) in [5, 5.41) is 12.7. The van der Waals surface area contributed by atoms with Crippen LogP contribution in [0.15, 0.2) is 120 Å². The molecular formula is C30H36N6S2+2. The molecule has 3 aromatic rings. The van der Waals surface area contributed by atoms with E-state index in [1.807, 2.05) is 131 Å². The quantitative estimate of drug-likeness (QED) is 0.0778. The van der Waals surface area contributed by atoms with Crippen molar-refractivity contribution >= 4 is 51.6 Å². The number of nitrogens with one attached hydrogen (secondary N) is 1. The summed E-state index contributed by atoms with van der Waals surface area (Å²) < 4.78 is 2.20. The van der Waals surface area contributed by atoms with Crippen LogP contribution in [-0.4, -0.2) is 50.8 Å². The first kappa shape index (κ1) is 28.9. The predicted molar refractivity (Wildman–Crippen MR) is 168 cm³/mol. The van der Waals surface area contributed by atoms with E-state index in [1.165, 1.54) is 0 Å². The highest BCUT2D eigenvalue weighted by atomic mass is 33.1. The molecule has 1 heterocycles. The van der Waals surface area contributed by atoms with Crippen molar-refractivity contribution in [1.29, 1.82) is 0 Å². The predicted octanol–water partition coefficient (Wildman–Crippen LogP) is 4.21. The van der Waals surface area contributed by atoms with Crippen LogP contribution in [-0.2, 0) is 6.54 Å². The topological polar surface area (TPSA) is 49.1 Å². The minimum atomic E-state index is 0.901. The number of benzene rings is 2. The van der Waals surface area contributed by atoms with Gasteiger partial charge in [0.15, 0.2) is 31.7 Å². The van der Waals surface area contributed by atoms with Crippen molar-refractivity contribution in [2.24, 2.45) is 10.2 Å². The van der Waals surface area contributed by atoms with Gasteiger partial charge >= 0.3 is 0 Å². The largest absolute Gasteiger partial charge is 0.269 e. The van der Waals surface area contributed by atoms with Crippen molar-refractivity contribution in [1.82, 2.24) is 0 Å². The van der Waals surface area contributed by atoms with Crippen LogP contribution >= 0.6 is 21.6 Å². The van der Waals surface area contributed by atoms with Gasteiger partial charge in [0.25, 0.3) is 0 Å². The number of rotatable bonds is 15. The molecule has 0 fully saturated rings. The highest BCUT2D eigenvalue weighted by Crippen LogP contribution is 2.19. The zero-order chi connectivity index (χ0) is 26.8. The lowest BCUT2D eigenvalue weighted by atomic mass is 10.3. The lowest BCUT2D eigenvalue weighted by Crippen LogP contribution is -2.69. The molecule has 3 rings (SSSR count). The van der Waals surface area contributed by atoms with E-state index in [9.17, 15) is 0 Å². The van der Waals surface area contributed by atoms with E-state index >= 15 is 0 Å². The van der Waals surface area contributed by atoms with Crippen molar-refractivity contribution in [3.8, 4) is 0 Å². The third-order valence-corrected chi connectivity index (χ3v) is 7.80. The molecule has 0 atom stereocenters. The average molecular weight is 545 g/mol. The molecule has 0 unspecified atom stereocenters. The Morgan fingerprint density at radius 3 is 2.11 bits per heavy atom. The van der Waals surface area contributed by atoms with Gasteiger partial charge in [-0.2, -0.15) is 10.2 Å².